The fourth-order valence-electron chi connectivity index (χ4n) is 2.20. The van der Waals surface area contributed by atoms with Gasteiger partial charge in [-0.1, -0.05) is 0 Å². The second kappa shape index (κ2) is 3.36. The standard InChI is InChI=1S/C12H21NO3/c1-10(2,3)16-9(14)13-12(6-5-7-12)11(4)8-15-11/h5-8H2,1-4H3,(H,13,14). The van der Waals surface area contributed by atoms with Crippen molar-refractivity contribution >= 4 is 6.09 Å². The van der Waals surface area contributed by atoms with Gasteiger partial charge in [-0.3, -0.25) is 0 Å². The predicted octanol–water partition coefficient (Wildman–Crippen LogP) is 2.22. The van der Waals surface area contributed by atoms with Crippen LogP contribution in [0.3, 0.4) is 0 Å². The summed E-state index contributed by atoms with van der Waals surface area (Å²) in [4.78, 5) is 11.8. The molecule has 0 aromatic heterocycles. The van der Waals surface area contributed by atoms with Crippen molar-refractivity contribution in [1.29, 1.82) is 0 Å². The summed E-state index contributed by atoms with van der Waals surface area (Å²) in [5, 5.41) is 3.00. The van der Waals surface area contributed by atoms with Crippen LogP contribution in [0, 0.1) is 0 Å². The van der Waals surface area contributed by atoms with Crippen LogP contribution < -0.4 is 5.32 Å². The van der Waals surface area contributed by atoms with Crippen LogP contribution in [0.25, 0.3) is 0 Å². The molecular formula is C12H21NO3. The third kappa shape index (κ3) is 2.03. The first-order chi connectivity index (χ1) is 7.27. The predicted molar refractivity (Wildman–Crippen MR) is 60.3 cm³/mol. The minimum atomic E-state index is -0.444. The van der Waals surface area contributed by atoms with Crippen LogP contribution in [0.4, 0.5) is 4.79 Å². The Hall–Kier alpha value is -0.770. The number of carbonyl (C=O) groups is 1. The monoisotopic (exact) mass is 227 g/mol. The fraction of sp³-hybridized carbons (Fsp3) is 0.917. The van der Waals surface area contributed by atoms with E-state index in [0.29, 0.717) is 0 Å². The van der Waals surface area contributed by atoms with E-state index in [4.69, 9.17) is 9.47 Å². The van der Waals surface area contributed by atoms with Gasteiger partial charge in [-0.15, -0.1) is 0 Å². The van der Waals surface area contributed by atoms with Crippen molar-refractivity contribution in [2.24, 2.45) is 0 Å². The first-order valence-electron chi connectivity index (χ1n) is 5.92. The smallest absolute Gasteiger partial charge is 0.408 e. The lowest BCUT2D eigenvalue weighted by Gasteiger charge is -2.45. The summed E-state index contributed by atoms with van der Waals surface area (Å²) in [6, 6.07) is 0. The van der Waals surface area contributed by atoms with Gasteiger partial charge in [0.05, 0.1) is 12.1 Å². The normalized spacial score (nSPS) is 31.5. The molecular weight excluding hydrogens is 206 g/mol. The molecule has 1 aliphatic carbocycles. The van der Waals surface area contributed by atoms with Gasteiger partial charge in [0, 0.05) is 0 Å². The Labute approximate surface area is 96.7 Å². The molecule has 1 saturated heterocycles. The summed E-state index contributed by atoms with van der Waals surface area (Å²) in [6.07, 6.45) is 2.80. The van der Waals surface area contributed by atoms with E-state index in [1.165, 1.54) is 0 Å². The molecule has 2 aliphatic rings. The van der Waals surface area contributed by atoms with Gasteiger partial charge in [0.1, 0.15) is 11.2 Å². The zero-order chi connectivity index (χ0) is 12.0. The second-order valence-electron chi connectivity index (χ2n) is 6.08. The van der Waals surface area contributed by atoms with Gasteiger partial charge in [0.2, 0.25) is 0 Å². The average Bonchev–Trinajstić information content (AvgIpc) is 2.74. The van der Waals surface area contributed by atoms with E-state index in [2.05, 4.69) is 12.2 Å². The molecule has 0 aromatic rings. The fourth-order valence-corrected chi connectivity index (χ4v) is 2.20. The minimum Gasteiger partial charge on any atom is -0.444 e. The maximum atomic E-state index is 11.8. The Morgan fingerprint density at radius 1 is 1.38 bits per heavy atom. The highest BCUT2D eigenvalue weighted by atomic mass is 16.6. The quantitative estimate of drug-likeness (QED) is 0.736. The number of hydrogen-bond acceptors (Lipinski definition) is 3. The van der Waals surface area contributed by atoms with E-state index in [1.807, 2.05) is 20.8 Å². The summed E-state index contributed by atoms with van der Waals surface area (Å²) >= 11 is 0. The molecule has 1 aliphatic heterocycles. The van der Waals surface area contributed by atoms with Gasteiger partial charge in [-0.05, 0) is 47.0 Å². The highest BCUT2D eigenvalue weighted by Crippen LogP contribution is 2.49. The first kappa shape index (κ1) is 11.7. The third-order valence-electron chi connectivity index (χ3n) is 3.54. The number of rotatable bonds is 2. The Balaban J connectivity index is 1.95. The molecule has 16 heavy (non-hydrogen) atoms. The summed E-state index contributed by atoms with van der Waals surface area (Å²) < 4.78 is 10.8. The third-order valence-corrected chi connectivity index (χ3v) is 3.54. The van der Waals surface area contributed by atoms with E-state index in [-0.39, 0.29) is 17.2 Å². The van der Waals surface area contributed by atoms with Gasteiger partial charge in [0.25, 0.3) is 0 Å². The van der Waals surface area contributed by atoms with Crippen molar-refractivity contribution in [3.63, 3.8) is 0 Å². The van der Waals surface area contributed by atoms with Crippen molar-refractivity contribution in [1.82, 2.24) is 5.32 Å². The Morgan fingerprint density at radius 3 is 2.25 bits per heavy atom. The lowest BCUT2D eigenvalue weighted by molar-refractivity contribution is 0.0215. The van der Waals surface area contributed by atoms with Crippen molar-refractivity contribution in [2.75, 3.05) is 6.61 Å². The summed E-state index contributed by atoms with van der Waals surface area (Å²) in [5.41, 5.74) is -0.794. The lowest BCUT2D eigenvalue weighted by Crippen LogP contribution is -2.62. The van der Waals surface area contributed by atoms with Crippen LogP contribution in [0.2, 0.25) is 0 Å². The van der Waals surface area contributed by atoms with E-state index < -0.39 is 5.60 Å². The second-order valence-corrected chi connectivity index (χ2v) is 6.08. The van der Waals surface area contributed by atoms with Gasteiger partial charge in [0.15, 0.2) is 0 Å². The molecule has 2 fully saturated rings. The molecule has 92 valence electrons. The SMILES string of the molecule is CC(C)(C)OC(=O)NC1(C2(C)CO2)CCC1. The lowest BCUT2D eigenvalue weighted by atomic mass is 9.68. The highest BCUT2D eigenvalue weighted by Gasteiger charge is 2.61. The Kier molecular flexibility index (Phi) is 2.46. The van der Waals surface area contributed by atoms with Crippen LogP contribution in [0.15, 0.2) is 0 Å². The average molecular weight is 227 g/mol. The maximum Gasteiger partial charge on any atom is 0.408 e. The Bertz CT molecular complexity index is 298. The van der Waals surface area contributed by atoms with Gasteiger partial charge >= 0.3 is 6.09 Å². The molecule has 4 heteroatoms. The number of alkyl carbamates (subject to hydrolysis) is 1. The van der Waals surface area contributed by atoms with Gasteiger partial charge in [-0.2, -0.15) is 0 Å². The van der Waals surface area contributed by atoms with Crippen LogP contribution >= 0.6 is 0 Å². The highest BCUT2D eigenvalue weighted by molar-refractivity contribution is 5.69. The van der Waals surface area contributed by atoms with Crippen molar-refractivity contribution in [3.05, 3.63) is 0 Å². The largest absolute Gasteiger partial charge is 0.444 e. The number of hydrogen-bond donors (Lipinski definition) is 1. The molecule has 0 spiro atoms. The Morgan fingerprint density at radius 2 is 1.94 bits per heavy atom. The molecule has 4 nitrogen and oxygen atoms in total. The summed E-state index contributed by atoms with van der Waals surface area (Å²) in [6.45, 7) is 8.41. The van der Waals surface area contributed by atoms with Crippen molar-refractivity contribution in [3.8, 4) is 0 Å². The molecule has 1 amide bonds. The van der Waals surface area contributed by atoms with Crippen LogP contribution in [-0.4, -0.2) is 29.4 Å². The van der Waals surface area contributed by atoms with Crippen molar-refractivity contribution < 1.29 is 14.3 Å². The van der Waals surface area contributed by atoms with Crippen LogP contribution in [-0.2, 0) is 9.47 Å². The topological polar surface area (TPSA) is 50.9 Å². The number of ether oxygens (including phenoxy) is 2. The number of epoxide rings is 1. The molecule has 0 bridgehead atoms. The van der Waals surface area contributed by atoms with Crippen LogP contribution in [0.1, 0.15) is 47.0 Å². The van der Waals surface area contributed by atoms with Crippen LogP contribution in [0.5, 0.6) is 0 Å². The molecule has 1 N–H and O–H groups in total. The maximum absolute atomic E-state index is 11.8. The molecule has 1 heterocycles. The minimum absolute atomic E-state index is 0.165. The van der Waals surface area contributed by atoms with E-state index in [9.17, 15) is 4.79 Å². The molecule has 0 radical (unpaired) electrons. The zero-order valence-corrected chi connectivity index (χ0v) is 10.6. The number of amides is 1. The molecule has 1 atom stereocenters. The molecule has 0 aromatic carbocycles. The van der Waals surface area contributed by atoms with E-state index in [0.717, 1.165) is 25.9 Å². The van der Waals surface area contributed by atoms with Crippen molar-refractivity contribution in [2.45, 2.75) is 63.7 Å². The van der Waals surface area contributed by atoms with Gasteiger partial charge < -0.3 is 14.8 Å². The van der Waals surface area contributed by atoms with Gasteiger partial charge in [-0.25, -0.2) is 4.79 Å². The van der Waals surface area contributed by atoms with E-state index in [1.54, 1.807) is 0 Å². The zero-order valence-electron chi connectivity index (χ0n) is 10.6. The molecule has 2 rings (SSSR count). The number of nitrogens with one attached hydrogen (secondary N) is 1. The molecule has 1 saturated carbocycles. The number of carbonyl (C=O) groups excluding carboxylic acids is 1. The molecule has 1 unspecified atom stereocenters. The first-order valence-corrected chi connectivity index (χ1v) is 5.92. The van der Waals surface area contributed by atoms with E-state index >= 15 is 0 Å². The summed E-state index contributed by atoms with van der Waals surface area (Å²) in [5.74, 6) is 0. The summed E-state index contributed by atoms with van der Waals surface area (Å²) in [7, 11) is 0.